The average Bonchev–Trinajstić information content (AvgIpc) is 3.05. The summed E-state index contributed by atoms with van der Waals surface area (Å²) in [6, 6.07) is 6.32. The standard InChI is InChI=1S/C21H28N4O5/c1-23-10-17(26)24-15-6-7-29-18-9-14(19(20(22)27)25(18)21(15)28)13-8-12-4-2-3-5-16(12)30-11-13/h2-5,13-15,18-19,23H,6-11H2,1H3,(H2,22,27)(H,24,26)/t13?,14?,15-,18-,19-/m0/s1. The number of nitrogens with two attached hydrogens (primary N) is 1. The van der Waals surface area contributed by atoms with Crippen molar-refractivity contribution < 1.29 is 23.9 Å². The Morgan fingerprint density at radius 2 is 2.10 bits per heavy atom. The number of amides is 3. The predicted octanol–water partition coefficient (Wildman–Crippen LogP) is -0.609. The molecule has 2 fully saturated rings. The molecule has 3 amide bonds. The summed E-state index contributed by atoms with van der Waals surface area (Å²) in [5.41, 5.74) is 6.86. The topological polar surface area (TPSA) is 123 Å². The molecule has 0 spiro atoms. The van der Waals surface area contributed by atoms with Gasteiger partial charge in [0.1, 0.15) is 24.1 Å². The number of carbonyl (C=O) groups excluding carboxylic acids is 3. The number of carbonyl (C=O) groups is 3. The van der Waals surface area contributed by atoms with Crippen molar-refractivity contribution in [2.24, 2.45) is 17.6 Å². The van der Waals surface area contributed by atoms with Crippen molar-refractivity contribution in [1.29, 1.82) is 0 Å². The Morgan fingerprint density at radius 3 is 2.87 bits per heavy atom. The van der Waals surface area contributed by atoms with E-state index in [0.717, 1.165) is 17.7 Å². The molecule has 2 saturated heterocycles. The van der Waals surface area contributed by atoms with Gasteiger partial charge in [0.25, 0.3) is 0 Å². The van der Waals surface area contributed by atoms with Crippen molar-refractivity contribution in [3.63, 3.8) is 0 Å². The monoisotopic (exact) mass is 416 g/mol. The van der Waals surface area contributed by atoms with Gasteiger partial charge in [0.2, 0.25) is 17.7 Å². The molecule has 4 rings (SSSR count). The van der Waals surface area contributed by atoms with Crippen molar-refractivity contribution in [2.45, 2.75) is 37.6 Å². The third kappa shape index (κ3) is 3.87. The highest BCUT2D eigenvalue weighted by Crippen LogP contribution is 2.41. The number of fused-ring (bicyclic) bond motifs is 2. The summed E-state index contributed by atoms with van der Waals surface area (Å²) in [5.74, 6) is -0.421. The normalized spacial score (nSPS) is 30.6. The quantitative estimate of drug-likeness (QED) is 0.589. The number of likely N-dealkylation sites (N-methyl/N-ethyl adjacent to an activating group) is 1. The van der Waals surface area contributed by atoms with E-state index in [1.54, 1.807) is 7.05 Å². The van der Waals surface area contributed by atoms with Gasteiger partial charge >= 0.3 is 0 Å². The number of nitrogens with one attached hydrogen (secondary N) is 2. The predicted molar refractivity (Wildman–Crippen MR) is 107 cm³/mol. The molecule has 0 aromatic heterocycles. The highest BCUT2D eigenvalue weighted by atomic mass is 16.5. The molecule has 0 saturated carbocycles. The molecule has 4 N–H and O–H groups in total. The number of nitrogens with zero attached hydrogens (tertiary/aromatic N) is 1. The van der Waals surface area contributed by atoms with Crippen LogP contribution in [0.15, 0.2) is 24.3 Å². The maximum absolute atomic E-state index is 13.3. The first-order chi connectivity index (χ1) is 14.5. The number of hydrogen-bond donors (Lipinski definition) is 3. The summed E-state index contributed by atoms with van der Waals surface area (Å²) in [4.78, 5) is 39.2. The molecule has 162 valence electrons. The summed E-state index contributed by atoms with van der Waals surface area (Å²) in [7, 11) is 1.66. The van der Waals surface area contributed by atoms with Crippen LogP contribution in [0.4, 0.5) is 0 Å². The molecule has 3 aliphatic rings. The zero-order chi connectivity index (χ0) is 21.3. The molecule has 0 radical (unpaired) electrons. The second-order valence-corrected chi connectivity index (χ2v) is 8.14. The van der Waals surface area contributed by atoms with Crippen LogP contribution in [0.1, 0.15) is 18.4 Å². The van der Waals surface area contributed by atoms with Gasteiger partial charge in [0, 0.05) is 12.3 Å². The molecule has 2 unspecified atom stereocenters. The summed E-state index contributed by atoms with van der Waals surface area (Å²) >= 11 is 0. The minimum absolute atomic E-state index is 0.0399. The van der Waals surface area contributed by atoms with Crippen LogP contribution in [-0.2, 0) is 25.5 Å². The molecule has 3 heterocycles. The number of para-hydroxylation sites is 1. The Morgan fingerprint density at radius 1 is 1.30 bits per heavy atom. The molecule has 5 atom stereocenters. The van der Waals surface area contributed by atoms with E-state index in [1.165, 1.54) is 4.90 Å². The molecule has 1 aromatic carbocycles. The molecule has 0 bridgehead atoms. The van der Waals surface area contributed by atoms with Crippen molar-refractivity contribution in [3.8, 4) is 5.75 Å². The molecule has 9 heteroatoms. The van der Waals surface area contributed by atoms with Gasteiger partial charge in [-0.05, 0) is 37.4 Å². The van der Waals surface area contributed by atoms with Gasteiger partial charge in [-0.1, -0.05) is 18.2 Å². The fraction of sp³-hybridized carbons (Fsp3) is 0.571. The highest BCUT2D eigenvalue weighted by Gasteiger charge is 2.52. The SMILES string of the molecule is CNCC(=O)N[C@H]1CCO[C@H]2CC(C3COc4ccccc4C3)[C@@H](C(N)=O)N2C1=O. The summed E-state index contributed by atoms with van der Waals surface area (Å²) in [6.07, 6.45) is 1.11. The zero-order valence-corrected chi connectivity index (χ0v) is 17.0. The highest BCUT2D eigenvalue weighted by molar-refractivity contribution is 5.93. The number of hydrogen-bond acceptors (Lipinski definition) is 6. The number of benzene rings is 1. The smallest absolute Gasteiger partial charge is 0.247 e. The molecular formula is C21H28N4O5. The fourth-order valence-corrected chi connectivity index (χ4v) is 4.88. The molecule has 3 aliphatic heterocycles. The third-order valence-corrected chi connectivity index (χ3v) is 6.24. The Hall–Kier alpha value is -2.65. The Labute approximate surface area is 175 Å². The fourth-order valence-electron chi connectivity index (χ4n) is 4.88. The van der Waals surface area contributed by atoms with Crippen LogP contribution in [0.25, 0.3) is 0 Å². The molecule has 9 nitrogen and oxygen atoms in total. The van der Waals surface area contributed by atoms with Crippen molar-refractivity contribution in [1.82, 2.24) is 15.5 Å². The van der Waals surface area contributed by atoms with Crippen LogP contribution in [-0.4, -0.2) is 67.7 Å². The lowest BCUT2D eigenvalue weighted by atomic mass is 9.80. The lowest BCUT2D eigenvalue weighted by Gasteiger charge is -2.34. The van der Waals surface area contributed by atoms with E-state index in [4.69, 9.17) is 15.2 Å². The number of rotatable bonds is 5. The molecular weight excluding hydrogens is 388 g/mol. The second kappa shape index (κ2) is 8.61. The largest absolute Gasteiger partial charge is 0.493 e. The zero-order valence-electron chi connectivity index (χ0n) is 17.0. The summed E-state index contributed by atoms with van der Waals surface area (Å²) in [5, 5.41) is 5.50. The molecule has 0 aliphatic carbocycles. The van der Waals surface area contributed by atoms with Crippen molar-refractivity contribution in [3.05, 3.63) is 29.8 Å². The van der Waals surface area contributed by atoms with E-state index in [-0.39, 0.29) is 30.2 Å². The summed E-state index contributed by atoms with van der Waals surface area (Å²) < 4.78 is 11.9. The van der Waals surface area contributed by atoms with E-state index in [2.05, 4.69) is 10.6 Å². The van der Waals surface area contributed by atoms with Gasteiger partial charge < -0.3 is 30.7 Å². The Kier molecular flexibility index (Phi) is 5.92. The van der Waals surface area contributed by atoms with E-state index in [9.17, 15) is 14.4 Å². The van der Waals surface area contributed by atoms with Crippen molar-refractivity contribution in [2.75, 3.05) is 26.8 Å². The van der Waals surface area contributed by atoms with Gasteiger partial charge in [0.05, 0.1) is 19.8 Å². The van der Waals surface area contributed by atoms with Gasteiger partial charge in [-0.25, -0.2) is 0 Å². The maximum Gasteiger partial charge on any atom is 0.247 e. The van der Waals surface area contributed by atoms with Crippen LogP contribution < -0.4 is 21.1 Å². The average molecular weight is 416 g/mol. The number of primary amides is 1. The molecule has 1 aromatic rings. The Bertz CT molecular complexity index is 831. The second-order valence-electron chi connectivity index (χ2n) is 8.14. The van der Waals surface area contributed by atoms with Crippen LogP contribution in [0.5, 0.6) is 5.75 Å². The van der Waals surface area contributed by atoms with E-state index >= 15 is 0 Å². The van der Waals surface area contributed by atoms with Crippen LogP contribution in [0.2, 0.25) is 0 Å². The van der Waals surface area contributed by atoms with E-state index < -0.39 is 24.2 Å². The minimum atomic E-state index is -0.789. The van der Waals surface area contributed by atoms with Gasteiger partial charge in [-0.15, -0.1) is 0 Å². The van der Waals surface area contributed by atoms with Gasteiger partial charge in [-0.2, -0.15) is 0 Å². The first kappa shape index (κ1) is 20.6. The summed E-state index contributed by atoms with van der Waals surface area (Å²) in [6.45, 7) is 0.886. The van der Waals surface area contributed by atoms with E-state index in [1.807, 2.05) is 24.3 Å². The first-order valence-electron chi connectivity index (χ1n) is 10.4. The molecule has 30 heavy (non-hydrogen) atoms. The van der Waals surface area contributed by atoms with Crippen LogP contribution >= 0.6 is 0 Å². The lowest BCUT2D eigenvalue weighted by Crippen LogP contribution is -2.56. The van der Waals surface area contributed by atoms with Crippen LogP contribution in [0.3, 0.4) is 0 Å². The first-order valence-corrected chi connectivity index (χ1v) is 10.4. The maximum atomic E-state index is 13.3. The van der Waals surface area contributed by atoms with Gasteiger partial charge in [0.15, 0.2) is 0 Å². The van der Waals surface area contributed by atoms with Crippen LogP contribution in [0, 0.1) is 11.8 Å². The lowest BCUT2D eigenvalue weighted by molar-refractivity contribution is -0.148. The van der Waals surface area contributed by atoms with E-state index in [0.29, 0.717) is 26.1 Å². The number of ether oxygens (including phenoxy) is 2. The Balaban J connectivity index is 1.55. The third-order valence-electron chi connectivity index (χ3n) is 6.24. The van der Waals surface area contributed by atoms with Crippen molar-refractivity contribution >= 4 is 17.7 Å². The minimum Gasteiger partial charge on any atom is -0.493 e. The van der Waals surface area contributed by atoms with Gasteiger partial charge in [-0.3, -0.25) is 14.4 Å².